The Balaban J connectivity index is 1.90. The third-order valence-corrected chi connectivity index (χ3v) is 4.98. The summed E-state index contributed by atoms with van der Waals surface area (Å²) in [6.07, 6.45) is 3.36. The number of carbonyl (C=O) groups is 1. The van der Waals surface area contributed by atoms with Gasteiger partial charge in [0.2, 0.25) is 11.8 Å². The highest BCUT2D eigenvalue weighted by Gasteiger charge is 2.25. The van der Waals surface area contributed by atoms with Crippen molar-refractivity contribution in [3.8, 4) is 10.8 Å². The average molecular weight is 322 g/mol. The summed E-state index contributed by atoms with van der Waals surface area (Å²) in [6, 6.07) is 3.86. The summed E-state index contributed by atoms with van der Waals surface area (Å²) in [5.41, 5.74) is 0.380. The summed E-state index contributed by atoms with van der Waals surface area (Å²) in [4.78, 5) is 17.3. The summed E-state index contributed by atoms with van der Waals surface area (Å²) < 4.78 is 5.40. The van der Waals surface area contributed by atoms with E-state index in [4.69, 9.17) is 4.42 Å². The van der Waals surface area contributed by atoms with Gasteiger partial charge in [-0.25, -0.2) is 4.98 Å². The molecule has 0 saturated carbocycles. The molecule has 120 valence electrons. The minimum Gasteiger partial charge on any atom is -0.444 e. The average Bonchev–Trinajstić information content (AvgIpc) is 3.20. The summed E-state index contributed by atoms with van der Waals surface area (Å²) in [5, 5.41) is 14.4. The van der Waals surface area contributed by atoms with E-state index < -0.39 is 0 Å². The monoisotopic (exact) mass is 322 g/mol. The molecule has 0 fully saturated rings. The molecule has 5 nitrogen and oxygen atoms in total. The number of amides is 1. The van der Waals surface area contributed by atoms with Crippen molar-refractivity contribution in [2.75, 3.05) is 13.2 Å². The lowest BCUT2D eigenvalue weighted by Crippen LogP contribution is -2.40. The molecule has 0 aliphatic rings. The number of hydrogen-bond donors (Lipinski definition) is 2. The van der Waals surface area contributed by atoms with Gasteiger partial charge in [0.25, 0.3) is 0 Å². The standard InChI is InChI=1S/C16H22N2O3S/c1-3-16(4-2,11-19)10-17-14(20)8-12-9-21-15(18-12)13-6-5-7-22-13/h5-7,9,19H,3-4,8,10-11H2,1-2H3,(H,17,20). The molecular weight excluding hydrogens is 300 g/mol. The quantitative estimate of drug-likeness (QED) is 0.783. The molecule has 0 aliphatic heterocycles. The lowest BCUT2D eigenvalue weighted by molar-refractivity contribution is -0.121. The molecule has 2 rings (SSSR count). The number of thiophene rings is 1. The van der Waals surface area contributed by atoms with Crippen LogP contribution in [0.1, 0.15) is 32.4 Å². The number of carbonyl (C=O) groups excluding carboxylic acids is 1. The molecule has 6 heteroatoms. The molecule has 1 amide bonds. The van der Waals surface area contributed by atoms with E-state index in [1.165, 1.54) is 6.26 Å². The zero-order valence-corrected chi connectivity index (χ0v) is 13.8. The van der Waals surface area contributed by atoms with Crippen LogP contribution in [0, 0.1) is 5.41 Å². The molecule has 2 heterocycles. The van der Waals surface area contributed by atoms with Crippen LogP contribution in [0.5, 0.6) is 0 Å². The van der Waals surface area contributed by atoms with Crippen molar-refractivity contribution in [1.82, 2.24) is 10.3 Å². The van der Waals surface area contributed by atoms with E-state index in [-0.39, 0.29) is 24.3 Å². The number of aromatic nitrogens is 1. The Labute approximate surface area is 134 Å². The van der Waals surface area contributed by atoms with Crippen LogP contribution in [0.15, 0.2) is 28.2 Å². The maximum atomic E-state index is 12.0. The van der Waals surface area contributed by atoms with Gasteiger partial charge >= 0.3 is 0 Å². The molecule has 2 aromatic rings. The topological polar surface area (TPSA) is 75.4 Å². The normalized spacial score (nSPS) is 11.6. The van der Waals surface area contributed by atoms with Crippen LogP contribution >= 0.6 is 11.3 Å². The van der Waals surface area contributed by atoms with Crippen LogP contribution in [0.25, 0.3) is 10.8 Å². The van der Waals surface area contributed by atoms with Gasteiger partial charge in [-0.2, -0.15) is 0 Å². The zero-order valence-electron chi connectivity index (χ0n) is 13.0. The minimum absolute atomic E-state index is 0.0762. The Kier molecular flexibility index (Phi) is 5.74. The molecule has 22 heavy (non-hydrogen) atoms. The van der Waals surface area contributed by atoms with Crippen LogP contribution in [0.3, 0.4) is 0 Å². The van der Waals surface area contributed by atoms with Crippen LogP contribution in [-0.2, 0) is 11.2 Å². The molecule has 2 aromatic heterocycles. The van der Waals surface area contributed by atoms with Crippen LogP contribution in [-0.4, -0.2) is 29.1 Å². The van der Waals surface area contributed by atoms with Crippen molar-refractivity contribution in [2.45, 2.75) is 33.1 Å². The van der Waals surface area contributed by atoms with Crippen LogP contribution in [0.4, 0.5) is 0 Å². The predicted octanol–water partition coefficient (Wildman–Crippen LogP) is 2.86. The first-order valence-corrected chi connectivity index (χ1v) is 8.36. The summed E-state index contributed by atoms with van der Waals surface area (Å²) in [5.74, 6) is 0.440. The van der Waals surface area contributed by atoms with Crippen LogP contribution in [0.2, 0.25) is 0 Å². The maximum absolute atomic E-state index is 12.0. The third kappa shape index (κ3) is 3.96. The van der Waals surface area contributed by atoms with Gasteiger partial charge < -0.3 is 14.8 Å². The van der Waals surface area contributed by atoms with Gasteiger partial charge in [-0.15, -0.1) is 11.3 Å². The smallest absolute Gasteiger partial charge is 0.236 e. The molecule has 0 aromatic carbocycles. The first kappa shape index (κ1) is 16.7. The highest BCUT2D eigenvalue weighted by molar-refractivity contribution is 7.13. The van der Waals surface area contributed by atoms with Gasteiger partial charge in [-0.3, -0.25) is 4.79 Å². The van der Waals surface area contributed by atoms with Crippen LogP contribution < -0.4 is 5.32 Å². The second-order valence-electron chi connectivity index (χ2n) is 5.44. The molecule has 0 bridgehead atoms. The Bertz CT molecular complexity index is 580. The van der Waals surface area contributed by atoms with E-state index >= 15 is 0 Å². The fourth-order valence-corrected chi connectivity index (χ4v) is 2.85. The van der Waals surface area contributed by atoms with Crippen molar-refractivity contribution in [1.29, 1.82) is 0 Å². The van der Waals surface area contributed by atoms with E-state index in [0.717, 1.165) is 17.7 Å². The number of rotatable bonds is 8. The lowest BCUT2D eigenvalue weighted by atomic mass is 9.83. The molecule has 2 N–H and O–H groups in total. The van der Waals surface area contributed by atoms with Gasteiger partial charge in [-0.05, 0) is 24.3 Å². The third-order valence-electron chi connectivity index (χ3n) is 4.12. The highest BCUT2D eigenvalue weighted by atomic mass is 32.1. The molecule has 0 saturated heterocycles. The molecule has 0 unspecified atom stereocenters. The Hall–Kier alpha value is -1.66. The fourth-order valence-electron chi connectivity index (χ4n) is 2.19. The number of aliphatic hydroxyl groups is 1. The lowest BCUT2D eigenvalue weighted by Gasteiger charge is -2.29. The number of aliphatic hydroxyl groups excluding tert-OH is 1. The summed E-state index contributed by atoms with van der Waals surface area (Å²) >= 11 is 1.55. The van der Waals surface area contributed by atoms with Crippen molar-refractivity contribution < 1.29 is 14.3 Å². The van der Waals surface area contributed by atoms with Crippen molar-refractivity contribution in [3.63, 3.8) is 0 Å². The molecule has 0 radical (unpaired) electrons. The largest absolute Gasteiger partial charge is 0.444 e. The molecule has 0 aliphatic carbocycles. The number of nitrogens with zero attached hydrogens (tertiary/aromatic N) is 1. The van der Waals surface area contributed by atoms with Gasteiger partial charge in [0.1, 0.15) is 6.26 Å². The molecule has 0 spiro atoms. The second-order valence-corrected chi connectivity index (χ2v) is 6.39. The van der Waals surface area contributed by atoms with Gasteiger partial charge in [0.15, 0.2) is 0 Å². The van der Waals surface area contributed by atoms with E-state index in [2.05, 4.69) is 10.3 Å². The van der Waals surface area contributed by atoms with E-state index in [0.29, 0.717) is 18.1 Å². The minimum atomic E-state index is -0.235. The number of oxazole rings is 1. The Morgan fingerprint density at radius 3 is 2.82 bits per heavy atom. The summed E-state index contributed by atoms with van der Waals surface area (Å²) in [6.45, 7) is 4.60. The van der Waals surface area contributed by atoms with Gasteiger partial charge in [0.05, 0.1) is 23.6 Å². The van der Waals surface area contributed by atoms with E-state index in [9.17, 15) is 9.90 Å². The predicted molar refractivity (Wildman–Crippen MR) is 86.6 cm³/mol. The first-order chi connectivity index (χ1) is 10.6. The van der Waals surface area contributed by atoms with Crippen molar-refractivity contribution in [2.24, 2.45) is 5.41 Å². The molecule has 0 atom stereocenters. The van der Waals surface area contributed by atoms with Crippen molar-refractivity contribution in [3.05, 3.63) is 29.5 Å². The van der Waals surface area contributed by atoms with Gasteiger partial charge in [-0.1, -0.05) is 19.9 Å². The van der Waals surface area contributed by atoms with E-state index in [1.54, 1.807) is 11.3 Å². The number of hydrogen-bond acceptors (Lipinski definition) is 5. The Morgan fingerprint density at radius 1 is 1.45 bits per heavy atom. The SMILES string of the molecule is CCC(CC)(CO)CNC(=O)Cc1coc(-c2cccs2)n1. The fraction of sp³-hybridized carbons (Fsp3) is 0.500. The maximum Gasteiger partial charge on any atom is 0.236 e. The summed E-state index contributed by atoms with van der Waals surface area (Å²) in [7, 11) is 0. The second kappa shape index (κ2) is 7.56. The first-order valence-electron chi connectivity index (χ1n) is 7.48. The zero-order chi connectivity index (χ0) is 16.0. The van der Waals surface area contributed by atoms with Gasteiger partial charge in [0, 0.05) is 12.0 Å². The van der Waals surface area contributed by atoms with Crippen molar-refractivity contribution >= 4 is 17.2 Å². The Morgan fingerprint density at radius 2 is 2.23 bits per heavy atom. The number of nitrogens with one attached hydrogen (secondary N) is 1. The highest BCUT2D eigenvalue weighted by Crippen LogP contribution is 2.25. The van der Waals surface area contributed by atoms with E-state index in [1.807, 2.05) is 31.4 Å². The molecular formula is C16H22N2O3S.